The molecule has 0 radical (unpaired) electrons. The van der Waals surface area contributed by atoms with Gasteiger partial charge in [-0.1, -0.05) is 6.07 Å². The SMILES string of the molecule is O=C(Nc1c2c(cc3c1CCC3)CCC2)O[C@H](Cc1ncccn1)C(=O)OC1CCCC1. The Kier molecular flexibility index (Phi) is 6.06. The molecule has 3 aliphatic rings. The summed E-state index contributed by atoms with van der Waals surface area (Å²) in [6.07, 6.45) is 11.5. The van der Waals surface area contributed by atoms with Crippen LogP contribution in [0.25, 0.3) is 0 Å². The molecule has 1 aromatic carbocycles. The van der Waals surface area contributed by atoms with Crippen molar-refractivity contribution in [1.82, 2.24) is 9.97 Å². The Morgan fingerprint density at radius 1 is 0.969 bits per heavy atom. The Balaban J connectivity index is 1.33. The van der Waals surface area contributed by atoms with Crippen LogP contribution in [0.4, 0.5) is 10.5 Å². The molecule has 3 aliphatic carbocycles. The number of carbonyl (C=O) groups is 2. The first-order chi connectivity index (χ1) is 15.7. The van der Waals surface area contributed by atoms with Crippen LogP contribution in [0.15, 0.2) is 24.5 Å². The van der Waals surface area contributed by atoms with E-state index in [0.29, 0.717) is 5.82 Å². The molecule has 1 saturated carbocycles. The van der Waals surface area contributed by atoms with Crippen LogP contribution < -0.4 is 5.32 Å². The molecule has 1 aromatic heterocycles. The Bertz CT molecular complexity index is 970. The highest BCUT2D eigenvalue weighted by molar-refractivity contribution is 5.90. The lowest BCUT2D eigenvalue weighted by atomic mass is 9.99. The van der Waals surface area contributed by atoms with Gasteiger partial charge in [-0.05, 0) is 92.5 Å². The number of benzene rings is 1. The molecule has 1 N–H and O–H groups in total. The van der Waals surface area contributed by atoms with Crippen molar-refractivity contribution in [3.8, 4) is 0 Å². The molecule has 32 heavy (non-hydrogen) atoms. The van der Waals surface area contributed by atoms with E-state index in [9.17, 15) is 9.59 Å². The molecule has 0 bridgehead atoms. The highest BCUT2D eigenvalue weighted by Crippen LogP contribution is 2.38. The molecular formula is C25H29N3O4. The predicted molar refractivity (Wildman–Crippen MR) is 118 cm³/mol. The first kappa shape index (κ1) is 20.9. The van der Waals surface area contributed by atoms with Gasteiger partial charge in [0.25, 0.3) is 0 Å². The second kappa shape index (κ2) is 9.27. The highest BCUT2D eigenvalue weighted by Gasteiger charge is 2.31. The maximum absolute atomic E-state index is 13.0. The maximum Gasteiger partial charge on any atom is 0.412 e. The zero-order valence-corrected chi connectivity index (χ0v) is 18.3. The van der Waals surface area contributed by atoms with Crippen LogP contribution in [0.5, 0.6) is 0 Å². The van der Waals surface area contributed by atoms with Crippen LogP contribution in [0.2, 0.25) is 0 Å². The molecule has 5 rings (SSSR count). The zero-order valence-electron chi connectivity index (χ0n) is 18.3. The maximum atomic E-state index is 13.0. The van der Waals surface area contributed by atoms with E-state index in [1.807, 2.05) is 0 Å². The number of fused-ring (bicyclic) bond motifs is 2. The minimum absolute atomic E-state index is 0.0881. The van der Waals surface area contributed by atoms with Gasteiger partial charge in [0.15, 0.2) is 0 Å². The monoisotopic (exact) mass is 435 g/mol. The minimum Gasteiger partial charge on any atom is -0.460 e. The molecule has 0 unspecified atom stereocenters. The summed E-state index contributed by atoms with van der Waals surface area (Å²) in [4.78, 5) is 34.2. The molecule has 1 amide bonds. The Morgan fingerprint density at radius 2 is 1.62 bits per heavy atom. The third kappa shape index (κ3) is 4.47. The number of aryl methyl sites for hydroxylation is 2. The number of aromatic nitrogens is 2. The van der Waals surface area contributed by atoms with Crippen LogP contribution in [0.3, 0.4) is 0 Å². The normalized spacial score (nSPS) is 18.1. The number of anilines is 1. The Labute approximate surface area is 187 Å². The smallest absolute Gasteiger partial charge is 0.412 e. The summed E-state index contributed by atoms with van der Waals surface area (Å²) in [6, 6.07) is 4.02. The number of esters is 1. The van der Waals surface area contributed by atoms with Crippen molar-refractivity contribution in [3.05, 3.63) is 52.6 Å². The van der Waals surface area contributed by atoms with Crippen molar-refractivity contribution in [2.24, 2.45) is 0 Å². The average Bonchev–Trinajstić information content (AvgIpc) is 3.55. The Hall–Kier alpha value is -2.96. The molecule has 168 valence electrons. The van der Waals surface area contributed by atoms with E-state index in [1.54, 1.807) is 18.5 Å². The van der Waals surface area contributed by atoms with Gasteiger partial charge < -0.3 is 9.47 Å². The number of hydrogen-bond acceptors (Lipinski definition) is 6. The van der Waals surface area contributed by atoms with Gasteiger partial charge >= 0.3 is 12.1 Å². The van der Waals surface area contributed by atoms with Gasteiger partial charge in [-0.3, -0.25) is 5.32 Å². The summed E-state index contributed by atoms with van der Waals surface area (Å²) in [5, 5.41) is 3.00. The van der Waals surface area contributed by atoms with Crippen LogP contribution in [0.1, 0.15) is 66.6 Å². The first-order valence-corrected chi connectivity index (χ1v) is 11.8. The fourth-order valence-corrected chi connectivity index (χ4v) is 5.25. The van der Waals surface area contributed by atoms with Crippen LogP contribution in [-0.4, -0.2) is 34.2 Å². The molecule has 1 fully saturated rings. The summed E-state index contributed by atoms with van der Waals surface area (Å²) < 4.78 is 11.3. The summed E-state index contributed by atoms with van der Waals surface area (Å²) >= 11 is 0. The van der Waals surface area contributed by atoms with E-state index in [2.05, 4.69) is 21.4 Å². The summed E-state index contributed by atoms with van der Waals surface area (Å²) in [5.41, 5.74) is 6.00. The van der Waals surface area contributed by atoms with Gasteiger partial charge in [0.2, 0.25) is 6.10 Å². The van der Waals surface area contributed by atoms with Crippen molar-refractivity contribution in [3.63, 3.8) is 0 Å². The molecule has 7 nitrogen and oxygen atoms in total. The van der Waals surface area contributed by atoms with E-state index in [-0.39, 0.29) is 12.5 Å². The number of amides is 1. The summed E-state index contributed by atoms with van der Waals surface area (Å²) in [7, 11) is 0. The highest BCUT2D eigenvalue weighted by atomic mass is 16.6. The first-order valence-electron chi connectivity index (χ1n) is 11.8. The molecule has 0 aliphatic heterocycles. The second-order valence-electron chi connectivity index (χ2n) is 8.97. The topological polar surface area (TPSA) is 90.4 Å². The molecule has 2 aromatic rings. The zero-order chi connectivity index (χ0) is 21.9. The van der Waals surface area contributed by atoms with E-state index < -0.39 is 18.2 Å². The number of rotatable bonds is 6. The van der Waals surface area contributed by atoms with Crippen LogP contribution >= 0.6 is 0 Å². The van der Waals surface area contributed by atoms with Crippen molar-refractivity contribution in [1.29, 1.82) is 0 Å². The van der Waals surface area contributed by atoms with E-state index >= 15 is 0 Å². The number of ether oxygens (including phenoxy) is 2. The number of nitrogens with one attached hydrogen (secondary N) is 1. The number of nitrogens with zero attached hydrogens (tertiary/aromatic N) is 2. The fraction of sp³-hybridized carbons (Fsp3) is 0.520. The molecule has 7 heteroatoms. The summed E-state index contributed by atoms with van der Waals surface area (Å²) in [6.45, 7) is 0. The quantitative estimate of drug-likeness (QED) is 0.687. The standard InChI is InChI=1S/C25H29N3O4/c29-24(31-18-8-1-2-9-18)21(15-22-26-12-5-13-27-22)32-25(30)28-23-19-10-3-6-16(19)14-17-7-4-11-20(17)23/h5,12-14,18,21H,1-4,6-11,15H2,(H,28,30)/t21-/m1/s1. The summed E-state index contributed by atoms with van der Waals surface area (Å²) in [5.74, 6) is -0.0850. The lowest BCUT2D eigenvalue weighted by molar-refractivity contribution is -0.158. The second-order valence-corrected chi connectivity index (χ2v) is 8.97. The molecular weight excluding hydrogens is 406 g/mol. The van der Waals surface area contributed by atoms with Gasteiger partial charge in [-0.25, -0.2) is 19.6 Å². The van der Waals surface area contributed by atoms with Gasteiger partial charge in [0.1, 0.15) is 11.9 Å². The fourth-order valence-electron chi connectivity index (χ4n) is 5.25. The molecule has 1 heterocycles. The van der Waals surface area contributed by atoms with Gasteiger partial charge in [0.05, 0.1) is 12.1 Å². The average molecular weight is 436 g/mol. The molecule has 0 spiro atoms. The van der Waals surface area contributed by atoms with Gasteiger partial charge in [-0.15, -0.1) is 0 Å². The van der Waals surface area contributed by atoms with Gasteiger partial charge in [-0.2, -0.15) is 0 Å². The lowest BCUT2D eigenvalue weighted by Gasteiger charge is -2.21. The third-order valence-corrected chi connectivity index (χ3v) is 6.78. The third-order valence-electron chi connectivity index (χ3n) is 6.78. The number of carbonyl (C=O) groups excluding carboxylic acids is 2. The van der Waals surface area contributed by atoms with Gasteiger partial charge in [0, 0.05) is 12.4 Å². The Morgan fingerprint density at radius 3 is 2.28 bits per heavy atom. The van der Waals surface area contributed by atoms with Crippen molar-refractivity contribution < 1.29 is 19.1 Å². The van der Waals surface area contributed by atoms with E-state index in [4.69, 9.17) is 9.47 Å². The number of hydrogen-bond donors (Lipinski definition) is 1. The largest absolute Gasteiger partial charge is 0.460 e. The van der Waals surface area contributed by atoms with E-state index in [1.165, 1.54) is 22.3 Å². The lowest BCUT2D eigenvalue weighted by Crippen LogP contribution is -2.35. The minimum atomic E-state index is -1.08. The predicted octanol–water partition coefficient (Wildman–Crippen LogP) is 4.10. The molecule has 1 atom stereocenters. The van der Waals surface area contributed by atoms with E-state index in [0.717, 1.165) is 69.9 Å². The van der Waals surface area contributed by atoms with Crippen molar-refractivity contribution in [2.45, 2.75) is 82.8 Å². The molecule has 0 saturated heterocycles. The van der Waals surface area contributed by atoms with Crippen LogP contribution in [-0.2, 0) is 46.4 Å². The van der Waals surface area contributed by atoms with Crippen molar-refractivity contribution >= 4 is 17.7 Å². The van der Waals surface area contributed by atoms with Crippen molar-refractivity contribution in [2.75, 3.05) is 5.32 Å². The van der Waals surface area contributed by atoms with Crippen LogP contribution in [0, 0.1) is 0 Å².